The first-order valence-corrected chi connectivity index (χ1v) is 5.74. The predicted molar refractivity (Wildman–Crippen MR) is 68.8 cm³/mol. The Morgan fingerprint density at radius 3 is 2.00 bits per heavy atom. The van der Waals surface area contributed by atoms with Crippen LogP contribution in [0.4, 0.5) is 0 Å². The highest BCUT2D eigenvalue weighted by atomic mass is 16.5. The van der Waals surface area contributed by atoms with Crippen LogP contribution in [-0.2, 0) is 4.74 Å². The van der Waals surface area contributed by atoms with Gasteiger partial charge < -0.3 is 9.64 Å². The van der Waals surface area contributed by atoms with Crippen LogP contribution in [0.1, 0.15) is 29.7 Å². The molecule has 0 saturated heterocycles. The van der Waals surface area contributed by atoms with Crippen molar-refractivity contribution in [1.29, 1.82) is 0 Å². The van der Waals surface area contributed by atoms with Gasteiger partial charge in [-0.1, -0.05) is 18.2 Å². The summed E-state index contributed by atoms with van der Waals surface area (Å²) in [6.07, 6.45) is 0.135. The maximum atomic E-state index is 5.68. The van der Waals surface area contributed by atoms with Crippen LogP contribution in [-0.4, -0.2) is 32.1 Å². The fourth-order valence-electron chi connectivity index (χ4n) is 2.10. The lowest BCUT2D eigenvalue weighted by molar-refractivity contribution is 0.0379. The van der Waals surface area contributed by atoms with E-state index in [2.05, 4.69) is 58.0 Å². The van der Waals surface area contributed by atoms with Gasteiger partial charge in [0, 0.05) is 13.2 Å². The molecule has 0 heterocycles. The molecule has 0 amide bonds. The van der Waals surface area contributed by atoms with Crippen LogP contribution in [0.25, 0.3) is 0 Å². The van der Waals surface area contributed by atoms with E-state index in [1.165, 1.54) is 16.7 Å². The third-order valence-corrected chi connectivity index (χ3v) is 3.33. The second-order valence-corrected chi connectivity index (χ2v) is 4.67. The van der Waals surface area contributed by atoms with E-state index in [1.54, 1.807) is 7.11 Å². The quantitative estimate of drug-likeness (QED) is 0.775. The molecule has 0 aromatic heterocycles. The standard InChI is InChI=1S/C14H23NO/c1-10-8-7-9-11(2)13(10)14(16-6)12(3)15(4)5/h7-9,12,14H,1-6H3/t12-,14+/m1/s1. The van der Waals surface area contributed by atoms with Crippen LogP contribution in [0.2, 0.25) is 0 Å². The average molecular weight is 221 g/mol. The summed E-state index contributed by atoms with van der Waals surface area (Å²) in [5.41, 5.74) is 3.94. The number of hydrogen-bond acceptors (Lipinski definition) is 2. The number of likely N-dealkylation sites (N-methyl/N-ethyl adjacent to an activating group) is 1. The molecule has 0 aliphatic heterocycles. The van der Waals surface area contributed by atoms with Crippen LogP contribution in [0.5, 0.6) is 0 Å². The van der Waals surface area contributed by atoms with Gasteiger partial charge in [-0.05, 0) is 51.6 Å². The number of aryl methyl sites for hydroxylation is 2. The number of hydrogen-bond donors (Lipinski definition) is 0. The maximum Gasteiger partial charge on any atom is 0.0978 e. The second kappa shape index (κ2) is 5.46. The molecule has 2 nitrogen and oxygen atoms in total. The molecule has 0 aliphatic rings. The lowest BCUT2D eigenvalue weighted by Gasteiger charge is -2.30. The number of methoxy groups -OCH3 is 1. The first-order valence-electron chi connectivity index (χ1n) is 5.74. The lowest BCUT2D eigenvalue weighted by Crippen LogP contribution is -2.32. The van der Waals surface area contributed by atoms with Crippen molar-refractivity contribution in [3.8, 4) is 0 Å². The molecule has 1 rings (SSSR count). The zero-order valence-corrected chi connectivity index (χ0v) is 11.2. The average Bonchev–Trinajstić information content (AvgIpc) is 2.22. The monoisotopic (exact) mass is 221 g/mol. The fourth-order valence-corrected chi connectivity index (χ4v) is 2.10. The third kappa shape index (κ3) is 2.63. The topological polar surface area (TPSA) is 12.5 Å². The molecule has 0 radical (unpaired) electrons. The molecule has 0 spiro atoms. The first-order chi connectivity index (χ1) is 7.49. The van der Waals surface area contributed by atoms with Crippen LogP contribution in [0, 0.1) is 13.8 Å². The summed E-state index contributed by atoms with van der Waals surface area (Å²) in [4.78, 5) is 2.19. The van der Waals surface area contributed by atoms with Gasteiger partial charge in [0.25, 0.3) is 0 Å². The smallest absolute Gasteiger partial charge is 0.0978 e. The van der Waals surface area contributed by atoms with E-state index in [4.69, 9.17) is 4.74 Å². The van der Waals surface area contributed by atoms with Crippen LogP contribution >= 0.6 is 0 Å². The van der Waals surface area contributed by atoms with Crippen molar-refractivity contribution >= 4 is 0 Å². The van der Waals surface area contributed by atoms with Crippen molar-refractivity contribution in [1.82, 2.24) is 4.90 Å². The Bertz CT molecular complexity index is 326. The second-order valence-electron chi connectivity index (χ2n) is 4.67. The Hall–Kier alpha value is -0.860. The van der Waals surface area contributed by atoms with E-state index in [9.17, 15) is 0 Å². The van der Waals surface area contributed by atoms with Crippen LogP contribution < -0.4 is 0 Å². The van der Waals surface area contributed by atoms with Gasteiger partial charge in [-0.2, -0.15) is 0 Å². The van der Waals surface area contributed by atoms with E-state index < -0.39 is 0 Å². The molecule has 16 heavy (non-hydrogen) atoms. The van der Waals surface area contributed by atoms with Gasteiger partial charge in [-0.3, -0.25) is 0 Å². The summed E-state index contributed by atoms with van der Waals surface area (Å²) in [7, 11) is 5.96. The Morgan fingerprint density at radius 2 is 1.62 bits per heavy atom. The van der Waals surface area contributed by atoms with Gasteiger partial charge >= 0.3 is 0 Å². The van der Waals surface area contributed by atoms with Gasteiger partial charge in [0.05, 0.1) is 6.10 Å². The lowest BCUT2D eigenvalue weighted by atomic mass is 9.94. The van der Waals surface area contributed by atoms with Crippen LogP contribution in [0.3, 0.4) is 0 Å². The van der Waals surface area contributed by atoms with Crippen molar-refractivity contribution in [2.75, 3.05) is 21.2 Å². The zero-order valence-electron chi connectivity index (χ0n) is 11.2. The van der Waals surface area contributed by atoms with Gasteiger partial charge in [-0.15, -0.1) is 0 Å². The predicted octanol–water partition coefficient (Wildman–Crippen LogP) is 2.94. The fraction of sp³-hybridized carbons (Fsp3) is 0.571. The van der Waals surface area contributed by atoms with E-state index in [0.717, 1.165) is 0 Å². The summed E-state index contributed by atoms with van der Waals surface area (Å²) >= 11 is 0. The minimum absolute atomic E-state index is 0.135. The molecule has 2 heteroatoms. The van der Waals surface area contributed by atoms with Crippen molar-refractivity contribution < 1.29 is 4.74 Å². The molecule has 0 aliphatic carbocycles. The number of ether oxygens (including phenoxy) is 1. The highest BCUT2D eigenvalue weighted by Crippen LogP contribution is 2.28. The highest BCUT2D eigenvalue weighted by Gasteiger charge is 2.23. The Labute approximate surface area is 99.2 Å². The van der Waals surface area contributed by atoms with E-state index >= 15 is 0 Å². The summed E-state index contributed by atoms with van der Waals surface area (Å²) in [6.45, 7) is 6.49. The molecule has 1 aromatic rings. The third-order valence-electron chi connectivity index (χ3n) is 3.33. The Balaban J connectivity index is 3.13. The molecule has 0 unspecified atom stereocenters. The minimum atomic E-state index is 0.135. The zero-order chi connectivity index (χ0) is 12.3. The Morgan fingerprint density at radius 1 is 1.12 bits per heavy atom. The summed E-state index contributed by atoms with van der Waals surface area (Å²) in [5.74, 6) is 0. The molecule has 2 atom stereocenters. The largest absolute Gasteiger partial charge is 0.375 e. The Kier molecular flexibility index (Phi) is 4.51. The first kappa shape index (κ1) is 13.2. The van der Waals surface area contributed by atoms with Crippen molar-refractivity contribution in [3.05, 3.63) is 34.9 Å². The molecule has 0 fully saturated rings. The molecule has 0 N–H and O–H groups in total. The highest BCUT2D eigenvalue weighted by molar-refractivity contribution is 5.36. The molecular weight excluding hydrogens is 198 g/mol. The van der Waals surface area contributed by atoms with Gasteiger partial charge in [0.2, 0.25) is 0 Å². The molecular formula is C14H23NO. The van der Waals surface area contributed by atoms with Gasteiger partial charge in [-0.25, -0.2) is 0 Å². The van der Waals surface area contributed by atoms with E-state index in [1.807, 2.05) is 0 Å². The van der Waals surface area contributed by atoms with Gasteiger partial charge in [0.1, 0.15) is 0 Å². The number of benzene rings is 1. The summed E-state index contributed by atoms with van der Waals surface area (Å²) in [5, 5.41) is 0. The summed E-state index contributed by atoms with van der Waals surface area (Å²) in [6, 6.07) is 6.76. The van der Waals surface area contributed by atoms with Crippen LogP contribution in [0.15, 0.2) is 18.2 Å². The SMILES string of the molecule is CO[C@H](c1c(C)cccc1C)[C@@H](C)N(C)C. The summed E-state index contributed by atoms with van der Waals surface area (Å²) < 4.78 is 5.68. The maximum absolute atomic E-state index is 5.68. The van der Waals surface area contributed by atoms with Gasteiger partial charge in [0.15, 0.2) is 0 Å². The number of nitrogens with zero attached hydrogens (tertiary/aromatic N) is 1. The molecule has 0 saturated carbocycles. The normalized spacial score (nSPS) is 15.2. The minimum Gasteiger partial charge on any atom is -0.375 e. The molecule has 0 bridgehead atoms. The molecule has 90 valence electrons. The van der Waals surface area contributed by atoms with Crippen molar-refractivity contribution in [2.45, 2.75) is 32.9 Å². The number of rotatable bonds is 4. The van der Waals surface area contributed by atoms with Crippen molar-refractivity contribution in [2.24, 2.45) is 0 Å². The van der Waals surface area contributed by atoms with E-state index in [-0.39, 0.29) is 6.10 Å². The molecule has 1 aromatic carbocycles. The van der Waals surface area contributed by atoms with E-state index in [0.29, 0.717) is 6.04 Å². The van der Waals surface area contributed by atoms with Crippen molar-refractivity contribution in [3.63, 3.8) is 0 Å².